The number of halogens is 4. The summed E-state index contributed by atoms with van der Waals surface area (Å²) >= 11 is 11.9. The first-order valence-corrected chi connectivity index (χ1v) is 6.91. The van der Waals surface area contributed by atoms with Crippen LogP contribution in [0.4, 0.5) is 8.78 Å². The third-order valence-corrected chi connectivity index (χ3v) is 3.52. The molecule has 2 rings (SSSR count). The Morgan fingerprint density at radius 1 is 1.00 bits per heavy atom. The molecule has 0 fully saturated rings. The zero-order valence-electron chi connectivity index (χ0n) is 10.6. The van der Waals surface area contributed by atoms with E-state index >= 15 is 0 Å². The third kappa shape index (κ3) is 3.92. The van der Waals surface area contributed by atoms with Crippen molar-refractivity contribution in [2.75, 3.05) is 6.54 Å². The Morgan fingerprint density at radius 3 is 2.55 bits per heavy atom. The molecule has 1 N–H and O–H groups in total. The second kappa shape index (κ2) is 7.02. The van der Waals surface area contributed by atoms with Gasteiger partial charge in [0.1, 0.15) is 0 Å². The van der Waals surface area contributed by atoms with Crippen LogP contribution < -0.4 is 5.32 Å². The van der Waals surface area contributed by atoms with E-state index in [1.807, 2.05) is 6.07 Å². The predicted octanol–water partition coefficient (Wildman–Crippen LogP) is 4.60. The van der Waals surface area contributed by atoms with Gasteiger partial charge in [-0.25, -0.2) is 8.78 Å². The van der Waals surface area contributed by atoms with Crippen molar-refractivity contribution in [3.05, 3.63) is 69.2 Å². The van der Waals surface area contributed by atoms with Crippen molar-refractivity contribution in [1.82, 2.24) is 5.32 Å². The zero-order chi connectivity index (χ0) is 14.5. The highest BCUT2D eigenvalue weighted by molar-refractivity contribution is 6.35. The summed E-state index contributed by atoms with van der Waals surface area (Å²) < 4.78 is 26.4. The lowest BCUT2D eigenvalue weighted by molar-refractivity contribution is 0.493. The van der Waals surface area contributed by atoms with Crippen LogP contribution in [0.5, 0.6) is 0 Å². The Labute approximate surface area is 126 Å². The molecule has 0 radical (unpaired) electrons. The van der Waals surface area contributed by atoms with Gasteiger partial charge in [-0.1, -0.05) is 41.4 Å². The lowest BCUT2D eigenvalue weighted by atomic mass is 10.1. The van der Waals surface area contributed by atoms with Crippen LogP contribution in [0, 0.1) is 11.6 Å². The molecule has 0 amide bonds. The van der Waals surface area contributed by atoms with E-state index in [0.717, 1.165) is 11.6 Å². The molecule has 0 saturated carbocycles. The minimum atomic E-state index is -0.829. The fraction of sp³-hybridized carbons (Fsp3) is 0.200. The zero-order valence-corrected chi connectivity index (χ0v) is 12.1. The van der Waals surface area contributed by atoms with Gasteiger partial charge < -0.3 is 5.32 Å². The summed E-state index contributed by atoms with van der Waals surface area (Å²) in [6.45, 7) is 0.881. The van der Waals surface area contributed by atoms with Gasteiger partial charge in [-0.3, -0.25) is 0 Å². The summed E-state index contributed by atoms with van der Waals surface area (Å²) in [6, 6.07) is 9.47. The van der Waals surface area contributed by atoms with E-state index in [4.69, 9.17) is 23.2 Å². The topological polar surface area (TPSA) is 12.0 Å². The van der Waals surface area contributed by atoms with Crippen LogP contribution in [0.3, 0.4) is 0 Å². The van der Waals surface area contributed by atoms with Gasteiger partial charge in [0.2, 0.25) is 0 Å². The van der Waals surface area contributed by atoms with Crippen LogP contribution in [0.15, 0.2) is 36.4 Å². The van der Waals surface area contributed by atoms with Gasteiger partial charge in [0.25, 0.3) is 0 Å². The van der Waals surface area contributed by atoms with Gasteiger partial charge >= 0.3 is 0 Å². The Kier molecular flexibility index (Phi) is 5.35. The second-order valence-corrected chi connectivity index (χ2v) is 5.22. The van der Waals surface area contributed by atoms with E-state index in [1.165, 1.54) is 6.07 Å². The molecule has 0 aliphatic rings. The Morgan fingerprint density at radius 2 is 1.80 bits per heavy atom. The first-order chi connectivity index (χ1) is 9.58. The number of rotatable bonds is 5. The van der Waals surface area contributed by atoms with Gasteiger partial charge in [0.15, 0.2) is 11.6 Å². The first kappa shape index (κ1) is 15.2. The summed E-state index contributed by atoms with van der Waals surface area (Å²) in [7, 11) is 0. The van der Waals surface area contributed by atoms with Crippen molar-refractivity contribution in [3.63, 3.8) is 0 Å². The minimum Gasteiger partial charge on any atom is -0.312 e. The molecule has 0 saturated heterocycles. The molecule has 0 aliphatic carbocycles. The average molecular weight is 316 g/mol. The third-order valence-electron chi connectivity index (χ3n) is 2.93. The molecule has 0 heterocycles. The molecule has 1 nitrogen and oxygen atoms in total. The highest BCUT2D eigenvalue weighted by Gasteiger charge is 2.07. The monoisotopic (exact) mass is 315 g/mol. The second-order valence-electron chi connectivity index (χ2n) is 4.38. The van der Waals surface area contributed by atoms with Crippen molar-refractivity contribution in [2.24, 2.45) is 0 Å². The van der Waals surface area contributed by atoms with E-state index in [-0.39, 0.29) is 6.54 Å². The fourth-order valence-electron chi connectivity index (χ4n) is 1.86. The Bertz CT molecular complexity index is 602. The van der Waals surface area contributed by atoms with Crippen molar-refractivity contribution >= 4 is 23.2 Å². The molecule has 0 aliphatic heterocycles. The molecule has 106 valence electrons. The smallest absolute Gasteiger partial charge is 0.163 e. The summed E-state index contributed by atoms with van der Waals surface area (Å²) in [5, 5.41) is 4.26. The molecule has 0 spiro atoms. The van der Waals surface area contributed by atoms with Crippen LogP contribution in [-0.2, 0) is 13.0 Å². The van der Waals surface area contributed by atoms with Crippen LogP contribution in [0.2, 0.25) is 10.0 Å². The van der Waals surface area contributed by atoms with Crippen LogP contribution in [0.1, 0.15) is 11.1 Å². The summed E-state index contributed by atoms with van der Waals surface area (Å²) in [4.78, 5) is 0. The molecule has 0 atom stereocenters. The van der Waals surface area contributed by atoms with Crippen molar-refractivity contribution in [1.29, 1.82) is 0 Å². The van der Waals surface area contributed by atoms with Crippen LogP contribution in [-0.4, -0.2) is 6.54 Å². The lowest BCUT2D eigenvalue weighted by Crippen LogP contribution is -2.18. The van der Waals surface area contributed by atoms with Gasteiger partial charge in [-0.2, -0.15) is 0 Å². The maximum Gasteiger partial charge on any atom is 0.163 e. The largest absolute Gasteiger partial charge is 0.312 e. The summed E-state index contributed by atoms with van der Waals surface area (Å²) in [5.41, 5.74) is 1.27. The van der Waals surface area contributed by atoms with Gasteiger partial charge in [-0.15, -0.1) is 0 Å². The predicted molar refractivity (Wildman–Crippen MR) is 78.2 cm³/mol. The Hall–Kier alpha value is -1.16. The van der Waals surface area contributed by atoms with E-state index in [1.54, 1.807) is 18.2 Å². The average Bonchev–Trinajstić information content (AvgIpc) is 2.41. The summed E-state index contributed by atoms with van der Waals surface area (Å²) in [5.74, 6) is -1.63. The number of hydrogen-bond acceptors (Lipinski definition) is 1. The molecule has 0 bridgehead atoms. The van der Waals surface area contributed by atoms with E-state index in [2.05, 4.69) is 5.32 Å². The number of hydrogen-bond donors (Lipinski definition) is 1. The van der Waals surface area contributed by atoms with Crippen LogP contribution in [0.25, 0.3) is 0 Å². The van der Waals surface area contributed by atoms with Gasteiger partial charge in [-0.05, 0) is 36.7 Å². The lowest BCUT2D eigenvalue weighted by Gasteiger charge is -2.08. The molecule has 5 heteroatoms. The molecule has 0 unspecified atom stereocenters. The first-order valence-electron chi connectivity index (χ1n) is 6.15. The molecule has 20 heavy (non-hydrogen) atoms. The molecular formula is C15H13Cl2F2N. The maximum absolute atomic E-state index is 13.4. The normalized spacial score (nSPS) is 10.8. The Balaban J connectivity index is 1.86. The van der Waals surface area contributed by atoms with E-state index in [9.17, 15) is 8.78 Å². The van der Waals surface area contributed by atoms with Crippen molar-refractivity contribution < 1.29 is 8.78 Å². The van der Waals surface area contributed by atoms with Crippen LogP contribution >= 0.6 is 23.2 Å². The maximum atomic E-state index is 13.4. The highest BCUT2D eigenvalue weighted by atomic mass is 35.5. The number of nitrogens with one attached hydrogen (secondary N) is 1. The molecule has 2 aromatic carbocycles. The van der Waals surface area contributed by atoms with Crippen molar-refractivity contribution in [3.8, 4) is 0 Å². The molecule has 0 aromatic heterocycles. The minimum absolute atomic E-state index is 0.273. The fourth-order valence-corrected chi connectivity index (χ4v) is 2.36. The van der Waals surface area contributed by atoms with E-state index < -0.39 is 11.6 Å². The van der Waals surface area contributed by atoms with E-state index in [0.29, 0.717) is 28.6 Å². The van der Waals surface area contributed by atoms with Gasteiger partial charge in [0, 0.05) is 22.2 Å². The summed E-state index contributed by atoms with van der Waals surface area (Å²) in [6.07, 6.45) is 0.687. The SMILES string of the molecule is Fc1cccc(CNCCc2ccc(Cl)cc2Cl)c1F. The standard InChI is InChI=1S/C15H13Cl2F2N/c16-12-5-4-10(13(17)8-12)6-7-20-9-11-2-1-3-14(18)15(11)19/h1-5,8,20H,6-7,9H2. The quantitative estimate of drug-likeness (QED) is 0.795. The number of benzene rings is 2. The van der Waals surface area contributed by atoms with Gasteiger partial charge in [0.05, 0.1) is 0 Å². The van der Waals surface area contributed by atoms with Crippen molar-refractivity contribution in [2.45, 2.75) is 13.0 Å². The molecular weight excluding hydrogens is 303 g/mol. The highest BCUT2D eigenvalue weighted by Crippen LogP contribution is 2.21. The molecule has 2 aromatic rings.